The first-order valence-corrected chi connectivity index (χ1v) is 7.37. The van der Waals surface area contributed by atoms with Gasteiger partial charge in [0.2, 0.25) is 5.28 Å². The van der Waals surface area contributed by atoms with Gasteiger partial charge in [0.05, 0.1) is 11.9 Å². The highest BCUT2D eigenvalue weighted by Crippen LogP contribution is 2.28. The summed E-state index contributed by atoms with van der Waals surface area (Å²) in [5.41, 5.74) is 0.576. The van der Waals surface area contributed by atoms with Crippen LogP contribution in [0.4, 0.5) is 5.82 Å². The van der Waals surface area contributed by atoms with E-state index in [9.17, 15) is 5.11 Å². The summed E-state index contributed by atoms with van der Waals surface area (Å²) in [4.78, 5) is 15.3. The molecule has 1 aliphatic carbocycles. The van der Waals surface area contributed by atoms with Crippen molar-refractivity contribution in [2.45, 2.75) is 44.1 Å². The number of fused-ring (bicyclic) bond motifs is 1. The number of H-pyrrole nitrogens is 1. The van der Waals surface area contributed by atoms with E-state index in [-0.39, 0.29) is 5.28 Å². The van der Waals surface area contributed by atoms with E-state index in [0.717, 1.165) is 25.7 Å². The van der Waals surface area contributed by atoms with Gasteiger partial charge in [0.1, 0.15) is 5.52 Å². The van der Waals surface area contributed by atoms with Crippen molar-refractivity contribution in [1.29, 1.82) is 0 Å². The number of hydrogen-bond acceptors (Lipinski definition) is 5. The fourth-order valence-electron chi connectivity index (χ4n) is 2.75. The van der Waals surface area contributed by atoms with Crippen LogP contribution in [0.5, 0.6) is 0 Å². The molecule has 0 amide bonds. The van der Waals surface area contributed by atoms with E-state index in [1.54, 1.807) is 6.33 Å². The van der Waals surface area contributed by atoms with Gasteiger partial charge in [-0.3, -0.25) is 0 Å². The van der Waals surface area contributed by atoms with E-state index in [1.165, 1.54) is 12.8 Å². The fourth-order valence-corrected chi connectivity index (χ4v) is 2.91. The lowest BCUT2D eigenvalue weighted by Gasteiger charge is -2.27. The largest absolute Gasteiger partial charge is 0.388 e. The zero-order valence-electron chi connectivity index (χ0n) is 11.2. The van der Waals surface area contributed by atoms with Crippen molar-refractivity contribution in [3.05, 3.63) is 11.6 Å². The molecule has 0 bridgehead atoms. The van der Waals surface area contributed by atoms with Crippen LogP contribution in [0.3, 0.4) is 0 Å². The topological polar surface area (TPSA) is 86.7 Å². The maximum Gasteiger partial charge on any atom is 0.226 e. The summed E-state index contributed by atoms with van der Waals surface area (Å²) in [5, 5.41) is 14.0. The van der Waals surface area contributed by atoms with Gasteiger partial charge < -0.3 is 15.4 Å². The van der Waals surface area contributed by atoms with E-state index < -0.39 is 5.60 Å². The summed E-state index contributed by atoms with van der Waals surface area (Å²) in [6.07, 6.45) is 7.75. The van der Waals surface area contributed by atoms with Gasteiger partial charge in [-0.15, -0.1) is 0 Å². The van der Waals surface area contributed by atoms with Gasteiger partial charge in [-0.1, -0.05) is 25.7 Å². The van der Waals surface area contributed by atoms with Gasteiger partial charge in [-0.25, -0.2) is 4.98 Å². The first-order chi connectivity index (χ1) is 9.66. The van der Waals surface area contributed by atoms with E-state index in [4.69, 9.17) is 11.6 Å². The molecule has 3 N–H and O–H groups in total. The van der Waals surface area contributed by atoms with E-state index in [1.807, 2.05) is 0 Å². The maximum atomic E-state index is 10.6. The molecule has 0 spiro atoms. The summed E-state index contributed by atoms with van der Waals surface area (Å²) in [6, 6.07) is 0. The first-order valence-electron chi connectivity index (χ1n) is 6.99. The summed E-state index contributed by atoms with van der Waals surface area (Å²) in [6.45, 7) is 0.467. The van der Waals surface area contributed by atoms with Crippen LogP contribution in [0.25, 0.3) is 11.2 Å². The molecule has 0 saturated heterocycles. The molecule has 0 radical (unpaired) electrons. The highest BCUT2D eigenvalue weighted by molar-refractivity contribution is 6.28. The number of hydrogen-bond donors (Lipinski definition) is 3. The second-order valence-electron chi connectivity index (χ2n) is 5.43. The lowest BCUT2D eigenvalue weighted by molar-refractivity contribution is 0.0381. The lowest BCUT2D eigenvalue weighted by Crippen LogP contribution is -2.36. The molecule has 2 aromatic heterocycles. The monoisotopic (exact) mass is 295 g/mol. The van der Waals surface area contributed by atoms with Crippen molar-refractivity contribution in [3.8, 4) is 0 Å². The molecule has 0 aromatic carbocycles. The molecule has 0 aliphatic heterocycles. The quantitative estimate of drug-likeness (QED) is 0.598. The Kier molecular flexibility index (Phi) is 3.76. The Balaban J connectivity index is 1.77. The summed E-state index contributed by atoms with van der Waals surface area (Å²) < 4.78 is 0. The van der Waals surface area contributed by atoms with Crippen molar-refractivity contribution in [3.63, 3.8) is 0 Å². The van der Waals surface area contributed by atoms with Gasteiger partial charge >= 0.3 is 0 Å². The minimum Gasteiger partial charge on any atom is -0.388 e. The third kappa shape index (κ3) is 2.86. The van der Waals surface area contributed by atoms with Gasteiger partial charge in [-0.05, 0) is 24.4 Å². The predicted octanol–water partition coefficient (Wildman–Crippen LogP) is 2.50. The number of nitrogens with one attached hydrogen (secondary N) is 2. The van der Waals surface area contributed by atoms with Gasteiger partial charge in [0, 0.05) is 6.54 Å². The summed E-state index contributed by atoms with van der Waals surface area (Å²) in [5.74, 6) is 0.593. The lowest BCUT2D eigenvalue weighted by atomic mass is 9.94. The van der Waals surface area contributed by atoms with Gasteiger partial charge in [0.25, 0.3) is 0 Å². The molecule has 1 fully saturated rings. The first kappa shape index (κ1) is 13.6. The Morgan fingerprint density at radius 1 is 1.25 bits per heavy atom. The molecule has 2 aromatic rings. The van der Waals surface area contributed by atoms with Crippen molar-refractivity contribution in [1.82, 2.24) is 19.9 Å². The number of aliphatic hydroxyl groups is 1. The predicted molar refractivity (Wildman–Crippen MR) is 77.8 cm³/mol. The van der Waals surface area contributed by atoms with Crippen molar-refractivity contribution < 1.29 is 5.11 Å². The molecule has 0 unspecified atom stereocenters. The average molecular weight is 296 g/mol. The maximum absolute atomic E-state index is 10.6. The Morgan fingerprint density at radius 3 is 2.75 bits per heavy atom. The summed E-state index contributed by atoms with van der Waals surface area (Å²) in [7, 11) is 0. The number of aromatic nitrogens is 4. The van der Waals surface area contributed by atoms with Gasteiger partial charge in [0.15, 0.2) is 11.5 Å². The van der Waals surface area contributed by atoms with Crippen molar-refractivity contribution in [2.75, 3.05) is 11.9 Å². The van der Waals surface area contributed by atoms with Crippen LogP contribution in [-0.2, 0) is 0 Å². The molecule has 1 aliphatic rings. The van der Waals surface area contributed by atoms with Gasteiger partial charge in [-0.2, -0.15) is 9.97 Å². The van der Waals surface area contributed by atoms with Crippen LogP contribution in [-0.4, -0.2) is 37.2 Å². The number of halogens is 1. The smallest absolute Gasteiger partial charge is 0.226 e. The third-order valence-electron chi connectivity index (χ3n) is 3.88. The Morgan fingerprint density at radius 2 is 2.00 bits per heavy atom. The Bertz CT molecular complexity index is 591. The van der Waals surface area contributed by atoms with E-state index in [2.05, 4.69) is 25.3 Å². The number of anilines is 1. The van der Waals surface area contributed by atoms with Crippen LogP contribution in [0.15, 0.2) is 6.33 Å². The molecule has 7 heteroatoms. The molecule has 3 rings (SSSR count). The highest BCUT2D eigenvalue weighted by atomic mass is 35.5. The van der Waals surface area contributed by atoms with Crippen LogP contribution in [0, 0.1) is 0 Å². The van der Waals surface area contributed by atoms with Crippen LogP contribution in [0.2, 0.25) is 5.28 Å². The normalized spacial score (nSPS) is 18.9. The molecule has 20 heavy (non-hydrogen) atoms. The number of imidazole rings is 1. The van der Waals surface area contributed by atoms with Crippen molar-refractivity contribution >= 4 is 28.6 Å². The zero-order chi connectivity index (χ0) is 14.0. The SMILES string of the molecule is OC1(CNc2nc(Cl)nc3nc[nH]c23)CCCCCC1. The Hall–Kier alpha value is -1.40. The zero-order valence-corrected chi connectivity index (χ0v) is 11.9. The third-order valence-corrected chi connectivity index (χ3v) is 4.05. The summed E-state index contributed by atoms with van der Waals surface area (Å²) >= 11 is 5.88. The Labute approximate surface area is 122 Å². The number of aromatic amines is 1. The average Bonchev–Trinajstić information content (AvgIpc) is 2.78. The molecular formula is C13H18ClN5O. The second kappa shape index (κ2) is 5.54. The van der Waals surface area contributed by atoms with Crippen molar-refractivity contribution in [2.24, 2.45) is 0 Å². The molecular weight excluding hydrogens is 278 g/mol. The minimum atomic E-state index is -0.666. The van der Waals surface area contributed by atoms with E-state index >= 15 is 0 Å². The standard InChI is InChI=1S/C13H18ClN5O/c14-12-18-10(9-11(19-12)17-8-16-9)15-7-13(20)5-3-1-2-4-6-13/h8,20H,1-7H2,(H2,15,16,17,18,19). The van der Waals surface area contributed by atoms with Crippen LogP contribution < -0.4 is 5.32 Å². The van der Waals surface area contributed by atoms with E-state index in [0.29, 0.717) is 23.5 Å². The molecule has 108 valence electrons. The number of nitrogens with zero attached hydrogens (tertiary/aromatic N) is 3. The molecule has 2 heterocycles. The molecule has 6 nitrogen and oxygen atoms in total. The fraction of sp³-hybridized carbons (Fsp3) is 0.615. The second-order valence-corrected chi connectivity index (χ2v) is 5.77. The highest BCUT2D eigenvalue weighted by Gasteiger charge is 2.28. The molecule has 0 atom stereocenters. The number of rotatable bonds is 3. The minimum absolute atomic E-state index is 0.153. The molecule has 1 saturated carbocycles. The van der Waals surface area contributed by atoms with Crippen LogP contribution in [0.1, 0.15) is 38.5 Å². The van der Waals surface area contributed by atoms with Crippen LogP contribution >= 0.6 is 11.6 Å².